The van der Waals surface area contributed by atoms with Crippen molar-refractivity contribution in [3.05, 3.63) is 11.3 Å². The fraction of sp³-hybridized carbons (Fsp3) is 0.500. The molecule has 1 aromatic rings. The minimum Gasteiger partial charge on any atom is -0.481 e. The van der Waals surface area contributed by atoms with Crippen molar-refractivity contribution < 1.29 is 34.2 Å². The van der Waals surface area contributed by atoms with Gasteiger partial charge in [-0.25, -0.2) is 9.48 Å². The number of carbonyl (C=O) groups is 5. The van der Waals surface area contributed by atoms with Crippen LogP contribution in [0.4, 0.5) is 0 Å². The van der Waals surface area contributed by atoms with E-state index in [1.807, 2.05) is 0 Å². The molecule has 172 valence electrons. The van der Waals surface area contributed by atoms with Gasteiger partial charge in [-0.05, 0) is 22.4 Å². The Kier molecular flexibility index (Phi) is 7.02. The summed E-state index contributed by atoms with van der Waals surface area (Å²) in [4.78, 5) is 60.1. The molecule has 16 heteroatoms. The number of carboxylic acids is 2. The quantitative estimate of drug-likeness (QED) is 0.121. The van der Waals surface area contributed by atoms with Crippen LogP contribution in [-0.4, -0.2) is 88.0 Å². The molecule has 3 amide bonds. The van der Waals surface area contributed by atoms with Gasteiger partial charge < -0.3 is 20.8 Å². The molecule has 2 aliphatic rings. The molecule has 0 radical (unpaired) electrons. The van der Waals surface area contributed by atoms with Crippen LogP contribution in [0.2, 0.25) is 0 Å². The van der Waals surface area contributed by atoms with E-state index in [0.717, 1.165) is 4.90 Å². The second kappa shape index (κ2) is 9.56. The monoisotopic (exact) mass is 485 g/mol. The number of carbonyl (C=O) groups excluding carboxylic acids is 3. The van der Waals surface area contributed by atoms with E-state index in [2.05, 4.69) is 26.2 Å². The Labute approximate surface area is 189 Å². The van der Waals surface area contributed by atoms with Crippen molar-refractivity contribution >= 4 is 53.7 Å². The van der Waals surface area contributed by atoms with Crippen LogP contribution >= 0.6 is 23.5 Å². The van der Waals surface area contributed by atoms with E-state index in [1.165, 1.54) is 28.2 Å². The van der Waals surface area contributed by atoms with Crippen LogP contribution in [0.1, 0.15) is 19.3 Å². The average molecular weight is 486 g/mol. The lowest BCUT2D eigenvalue weighted by atomic mass is 9.95. The molecule has 0 aliphatic carbocycles. The van der Waals surface area contributed by atoms with Crippen LogP contribution in [0.25, 0.3) is 0 Å². The van der Waals surface area contributed by atoms with Gasteiger partial charge in [0.1, 0.15) is 11.1 Å². The van der Waals surface area contributed by atoms with Crippen molar-refractivity contribution in [1.82, 2.24) is 35.7 Å². The van der Waals surface area contributed by atoms with Gasteiger partial charge in [-0.3, -0.25) is 24.1 Å². The minimum absolute atomic E-state index is 0.0482. The summed E-state index contributed by atoms with van der Waals surface area (Å²) in [7, 11) is 1.64. The maximum atomic E-state index is 13.0. The van der Waals surface area contributed by atoms with Crippen molar-refractivity contribution in [3.8, 4) is 0 Å². The molecule has 1 fully saturated rings. The number of hydrogen-bond acceptors (Lipinski definition) is 10. The fourth-order valence-electron chi connectivity index (χ4n) is 3.29. The first-order valence-electron chi connectivity index (χ1n) is 9.21. The van der Waals surface area contributed by atoms with Crippen molar-refractivity contribution in [1.29, 1.82) is 0 Å². The molecule has 2 aliphatic heterocycles. The number of hydrogen-bond donors (Lipinski definition) is 4. The Balaban J connectivity index is 1.78. The molecule has 4 N–H and O–H groups in total. The zero-order chi connectivity index (χ0) is 23.5. The van der Waals surface area contributed by atoms with Crippen LogP contribution in [0.15, 0.2) is 16.4 Å². The maximum absolute atomic E-state index is 13.0. The molecule has 32 heavy (non-hydrogen) atoms. The number of nitrogens with one attached hydrogen (secondary N) is 2. The first-order valence-corrected chi connectivity index (χ1v) is 11.2. The summed E-state index contributed by atoms with van der Waals surface area (Å²) in [6.07, 6.45) is -0.0984. The van der Waals surface area contributed by atoms with E-state index < -0.39 is 34.8 Å². The van der Waals surface area contributed by atoms with Crippen molar-refractivity contribution in [2.45, 2.75) is 35.5 Å². The molecular weight excluding hydrogens is 466 g/mol. The topological polar surface area (TPSA) is 197 Å². The zero-order valence-electron chi connectivity index (χ0n) is 16.7. The number of tetrazole rings is 1. The average Bonchev–Trinajstić information content (AvgIpc) is 3.15. The smallest absolute Gasteiger partial charge is 0.352 e. The first-order chi connectivity index (χ1) is 15.2. The molecule has 1 aromatic heterocycles. The number of β-lactam (4-membered cyclic amide) rings is 1. The minimum atomic E-state index is -1.81. The van der Waals surface area contributed by atoms with Gasteiger partial charge in [-0.2, -0.15) is 0 Å². The number of fused-ring (bicyclic) bond motifs is 1. The fourth-order valence-corrected chi connectivity index (χ4v) is 5.70. The third-order valence-corrected chi connectivity index (χ3v) is 7.22. The molecule has 3 heterocycles. The zero-order valence-corrected chi connectivity index (χ0v) is 18.3. The van der Waals surface area contributed by atoms with E-state index in [0.29, 0.717) is 10.7 Å². The van der Waals surface area contributed by atoms with Crippen LogP contribution in [0, 0.1) is 0 Å². The number of aromatic nitrogens is 4. The number of rotatable bonds is 11. The van der Waals surface area contributed by atoms with Crippen LogP contribution in [-0.2, 0) is 31.0 Å². The molecule has 3 rings (SSSR count). The summed E-state index contributed by atoms with van der Waals surface area (Å²) in [5.41, 5.74) is -1.56. The summed E-state index contributed by atoms with van der Waals surface area (Å²) >= 11 is 2.39. The molecule has 0 saturated carbocycles. The molecule has 14 nitrogen and oxygen atoms in total. The van der Waals surface area contributed by atoms with Crippen molar-refractivity contribution in [2.75, 3.05) is 11.5 Å². The van der Waals surface area contributed by atoms with Gasteiger partial charge in [0.2, 0.25) is 23.1 Å². The Morgan fingerprint density at radius 3 is 2.69 bits per heavy atom. The predicted octanol–water partition coefficient (Wildman–Crippen LogP) is -1.63. The van der Waals surface area contributed by atoms with Crippen molar-refractivity contribution in [3.63, 3.8) is 0 Å². The highest BCUT2D eigenvalue weighted by atomic mass is 32.2. The lowest BCUT2D eigenvalue weighted by Crippen LogP contribution is -2.85. The van der Waals surface area contributed by atoms with Crippen LogP contribution in [0.3, 0.4) is 0 Å². The summed E-state index contributed by atoms with van der Waals surface area (Å²) in [5, 5.41) is 33.9. The van der Waals surface area contributed by atoms with Gasteiger partial charge in [-0.15, -0.1) is 16.9 Å². The normalized spacial score (nSPS) is 22.1. The van der Waals surface area contributed by atoms with Gasteiger partial charge in [0.15, 0.2) is 0 Å². The van der Waals surface area contributed by atoms with Gasteiger partial charge >= 0.3 is 11.9 Å². The SMILES string of the molecule is Cn1nnnc1SCC1=C(C(=O)O)N2C(=O)C(NC=O)(NC(=O)CCCC(=O)O)[C@@H]2SC1. The molecular formula is C16H19N7O7S2. The number of thioether (sulfide) groups is 2. The Bertz CT molecular complexity index is 997. The lowest BCUT2D eigenvalue weighted by Gasteiger charge is -2.56. The highest BCUT2D eigenvalue weighted by Gasteiger charge is 2.65. The van der Waals surface area contributed by atoms with E-state index >= 15 is 0 Å². The molecule has 0 bridgehead atoms. The molecule has 0 spiro atoms. The summed E-state index contributed by atoms with van der Waals surface area (Å²) < 4.78 is 1.43. The number of nitrogens with zero attached hydrogens (tertiary/aromatic N) is 5. The molecule has 2 atom stereocenters. The van der Waals surface area contributed by atoms with Gasteiger partial charge in [-0.1, -0.05) is 11.8 Å². The summed E-state index contributed by atoms with van der Waals surface area (Å²) in [6, 6.07) is 0. The van der Waals surface area contributed by atoms with E-state index in [4.69, 9.17) is 5.11 Å². The molecule has 1 unspecified atom stereocenters. The largest absolute Gasteiger partial charge is 0.481 e. The van der Waals surface area contributed by atoms with Gasteiger partial charge in [0.05, 0.1) is 0 Å². The van der Waals surface area contributed by atoms with Crippen LogP contribution in [0.5, 0.6) is 0 Å². The molecule has 1 saturated heterocycles. The predicted molar refractivity (Wildman–Crippen MR) is 109 cm³/mol. The second-order valence-electron chi connectivity index (χ2n) is 6.84. The van der Waals surface area contributed by atoms with Crippen molar-refractivity contribution in [2.24, 2.45) is 7.05 Å². The number of aryl methyl sites for hydroxylation is 1. The Morgan fingerprint density at radius 2 is 2.09 bits per heavy atom. The third-order valence-electron chi connectivity index (χ3n) is 4.73. The van der Waals surface area contributed by atoms with Crippen LogP contribution < -0.4 is 10.6 Å². The Morgan fingerprint density at radius 1 is 1.34 bits per heavy atom. The highest BCUT2D eigenvalue weighted by molar-refractivity contribution is 8.01. The van der Waals surface area contributed by atoms with Gasteiger partial charge in [0, 0.05) is 31.4 Å². The highest BCUT2D eigenvalue weighted by Crippen LogP contribution is 2.45. The second-order valence-corrected chi connectivity index (χ2v) is 8.85. The number of amides is 3. The standard InChI is InChI=1S/C16H19N7O7S2/c1-22-15(19-20-21-22)32-6-8-5-31-14-16(17-7-24,13(30)23(14)11(8)12(28)29)18-9(25)3-2-4-10(26)27/h7,14H,2-6H2,1H3,(H,17,24)(H,18,25)(H,26,27)(H,28,29)/t14-,16?/m0/s1. The summed E-state index contributed by atoms with van der Waals surface area (Å²) in [5.74, 6) is -3.37. The lowest BCUT2D eigenvalue weighted by molar-refractivity contribution is -0.162. The Hall–Kier alpha value is -3.14. The first kappa shape index (κ1) is 23.5. The van der Waals surface area contributed by atoms with E-state index in [-0.39, 0.29) is 42.9 Å². The maximum Gasteiger partial charge on any atom is 0.352 e. The van der Waals surface area contributed by atoms with Gasteiger partial charge in [0.25, 0.3) is 5.91 Å². The van der Waals surface area contributed by atoms with E-state index in [1.54, 1.807) is 7.05 Å². The number of aliphatic carboxylic acids is 2. The third kappa shape index (κ3) is 4.40. The van der Waals surface area contributed by atoms with E-state index in [9.17, 15) is 29.1 Å². The molecule has 0 aromatic carbocycles. The number of carboxylic acid groups (broad SMARTS) is 2. The summed E-state index contributed by atoms with van der Waals surface area (Å²) in [6.45, 7) is 0.